The fourth-order valence-electron chi connectivity index (χ4n) is 1.75. The van der Waals surface area contributed by atoms with Crippen molar-refractivity contribution in [2.75, 3.05) is 13.2 Å². The van der Waals surface area contributed by atoms with E-state index in [0.29, 0.717) is 29.7 Å². The number of halogens is 1. The van der Waals surface area contributed by atoms with Crippen molar-refractivity contribution < 1.29 is 14.6 Å². The Bertz CT molecular complexity index is 461. The van der Waals surface area contributed by atoms with E-state index in [2.05, 4.69) is 13.8 Å². The van der Waals surface area contributed by atoms with E-state index in [1.165, 1.54) is 0 Å². The highest BCUT2D eigenvalue weighted by Gasteiger charge is 2.28. The van der Waals surface area contributed by atoms with Gasteiger partial charge in [-0.2, -0.15) is 0 Å². The lowest BCUT2D eigenvalue weighted by Gasteiger charge is -2.20. The zero-order valence-corrected chi connectivity index (χ0v) is 12.0. The van der Waals surface area contributed by atoms with Gasteiger partial charge in [-0.3, -0.25) is 0 Å². The zero-order valence-electron chi connectivity index (χ0n) is 11.2. The molecule has 1 aromatic carbocycles. The molecule has 100 valence electrons. The van der Waals surface area contributed by atoms with Crippen molar-refractivity contribution in [1.29, 1.82) is 0 Å². The smallest absolute Gasteiger partial charge is 0.179 e. The highest BCUT2D eigenvalue weighted by atomic mass is 35.5. The summed E-state index contributed by atoms with van der Waals surface area (Å²) in [6.45, 7) is 8.69. The summed E-state index contributed by atoms with van der Waals surface area (Å²) < 4.78 is 11.5. The molecule has 0 spiro atoms. The molecule has 0 saturated carbocycles. The summed E-state index contributed by atoms with van der Waals surface area (Å²) in [6, 6.07) is 3.52. The van der Waals surface area contributed by atoms with E-state index in [-0.39, 0.29) is 5.41 Å². The van der Waals surface area contributed by atoms with Crippen molar-refractivity contribution in [2.45, 2.75) is 33.3 Å². The Hall–Kier alpha value is -0.930. The highest BCUT2D eigenvalue weighted by Crippen LogP contribution is 2.42. The molecule has 1 heterocycles. The maximum absolute atomic E-state index is 10.0. The van der Waals surface area contributed by atoms with Crippen LogP contribution in [0.15, 0.2) is 12.1 Å². The Morgan fingerprint density at radius 3 is 2.44 bits per heavy atom. The first-order valence-electron chi connectivity index (χ1n) is 6.01. The number of aliphatic hydroxyl groups is 1. The second-order valence-electron chi connectivity index (χ2n) is 6.09. The second-order valence-corrected chi connectivity index (χ2v) is 6.49. The van der Waals surface area contributed by atoms with Gasteiger partial charge in [0.25, 0.3) is 0 Å². The monoisotopic (exact) mass is 270 g/mol. The standard InChI is InChI=1S/C14H19ClO3/c1-13(2)7-17-11-6-9(14(3,4)16)5-10(15)12(11)18-8-13/h5-6,16H,7-8H2,1-4H3. The number of hydrogen-bond donors (Lipinski definition) is 1. The van der Waals surface area contributed by atoms with Crippen molar-refractivity contribution in [3.8, 4) is 11.5 Å². The summed E-state index contributed by atoms with van der Waals surface area (Å²) in [6.07, 6.45) is 0. The Kier molecular flexibility index (Phi) is 3.24. The minimum Gasteiger partial charge on any atom is -0.489 e. The lowest BCUT2D eigenvalue weighted by atomic mass is 9.97. The van der Waals surface area contributed by atoms with Gasteiger partial charge >= 0.3 is 0 Å². The van der Waals surface area contributed by atoms with E-state index in [9.17, 15) is 5.11 Å². The van der Waals surface area contributed by atoms with Crippen LogP contribution in [0, 0.1) is 5.41 Å². The predicted octanol–water partition coefficient (Wildman–Crippen LogP) is 3.36. The largest absolute Gasteiger partial charge is 0.489 e. The molecule has 1 aliphatic heterocycles. The first kappa shape index (κ1) is 13.5. The average Bonchev–Trinajstić information content (AvgIpc) is 2.37. The number of benzene rings is 1. The van der Waals surface area contributed by atoms with E-state index >= 15 is 0 Å². The van der Waals surface area contributed by atoms with E-state index in [1.54, 1.807) is 26.0 Å². The molecule has 3 nitrogen and oxygen atoms in total. The van der Waals surface area contributed by atoms with Gasteiger partial charge in [-0.15, -0.1) is 0 Å². The number of hydrogen-bond acceptors (Lipinski definition) is 3. The molecule has 0 unspecified atom stereocenters. The van der Waals surface area contributed by atoms with Crippen LogP contribution >= 0.6 is 11.6 Å². The fourth-order valence-corrected chi connectivity index (χ4v) is 2.02. The van der Waals surface area contributed by atoms with Gasteiger partial charge in [-0.05, 0) is 31.5 Å². The molecular weight excluding hydrogens is 252 g/mol. The normalized spacial score (nSPS) is 18.3. The maximum atomic E-state index is 10.0. The first-order chi connectivity index (χ1) is 8.19. The number of fused-ring (bicyclic) bond motifs is 1. The van der Waals surface area contributed by atoms with E-state index in [4.69, 9.17) is 21.1 Å². The van der Waals surface area contributed by atoms with Crippen LogP contribution in [-0.4, -0.2) is 18.3 Å². The van der Waals surface area contributed by atoms with Crippen molar-refractivity contribution in [3.05, 3.63) is 22.7 Å². The van der Waals surface area contributed by atoms with E-state index < -0.39 is 5.60 Å². The molecule has 2 rings (SSSR count). The van der Waals surface area contributed by atoms with Crippen LogP contribution in [0.25, 0.3) is 0 Å². The van der Waals surface area contributed by atoms with Crippen LogP contribution in [0.3, 0.4) is 0 Å². The third-order valence-electron chi connectivity index (χ3n) is 2.94. The Labute approximate surface area is 113 Å². The maximum Gasteiger partial charge on any atom is 0.179 e. The van der Waals surface area contributed by atoms with Crippen LogP contribution in [0.1, 0.15) is 33.3 Å². The van der Waals surface area contributed by atoms with E-state index in [0.717, 1.165) is 5.56 Å². The topological polar surface area (TPSA) is 38.7 Å². The molecule has 0 radical (unpaired) electrons. The van der Waals surface area contributed by atoms with E-state index in [1.807, 2.05) is 0 Å². The van der Waals surface area contributed by atoms with Crippen molar-refractivity contribution in [1.82, 2.24) is 0 Å². The van der Waals surface area contributed by atoms with Crippen molar-refractivity contribution >= 4 is 11.6 Å². The van der Waals surface area contributed by atoms with Gasteiger partial charge < -0.3 is 14.6 Å². The summed E-state index contributed by atoms with van der Waals surface area (Å²) in [4.78, 5) is 0. The lowest BCUT2D eigenvalue weighted by Crippen LogP contribution is -2.26. The molecule has 0 bridgehead atoms. The molecule has 1 aromatic rings. The minimum absolute atomic E-state index is 0.0583. The van der Waals surface area contributed by atoms with Gasteiger partial charge in [0.2, 0.25) is 0 Å². The summed E-state index contributed by atoms with van der Waals surface area (Å²) in [7, 11) is 0. The number of rotatable bonds is 1. The Balaban J connectivity index is 2.43. The van der Waals surface area contributed by atoms with Gasteiger partial charge in [-0.25, -0.2) is 0 Å². The Morgan fingerprint density at radius 2 is 1.83 bits per heavy atom. The lowest BCUT2D eigenvalue weighted by molar-refractivity contribution is 0.0781. The highest BCUT2D eigenvalue weighted by molar-refractivity contribution is 6.32. The van der Waals surface area contributed by atoms with Crippen molar-refractivity contribution in [2.24, 2.45) is 5.41 Å². The summed E-state index contributed by atoms with van der Waals surface area (Å²) in [5.41, 5.74) is -0.296. The van der Waals surface area contributed by atoms with Crippen LogP contribution in [0.2, 0.25) is 5.02 Å². The molecule has 4 heteroatoms. The third kappa shape index (κ3) is 2.73. The first-order valence-corrected chi connectivity index (χ1v) is 6.39. The summed E-state index contributed by atoms with van der Waals surface area (Å²) >= 11 is 6.20. The van der Waals surface area contributed by atoms with Crippen LogP contribution in [0.5, 0.6) is 11.5 Å². The van der Waals surface area contributed by atoms with Gasteiger partial charge in [0.15, 0.2) is 11.5 Å². The fraction of sp³-hybridized carbons (Fsp3) is 0.571. The molecule has 1 aliphatic rings. The van der Waals surface area contributed by atoms with Gasteiger partial charge in [0.1, 0.15) is 0 Å². The Morgan fingerprint density at radius 1 is 1.22 bits per heavy atom. The van der Waals surface area contributed by atoms with Crippen LogP contribution in [-0.2, 0) is 5.60 Å². The van der Waals surface area contributed by atoms with Gasteiger partial charge in [0, 0.05) is 5.41 Å². The molecular formula is C14H19ClO3. The molecule has 0 saturated heterocycles. The average molecular weight is 271 g/mol. The predicted molar refractivity (Wildman–Crippen MR) is 71.5 cm³/mol. The third-order valence-corrected chi connectivity index (χ3v) is 3.22. The summed E-state index contributed by atoms with van der Waals surface area (Å²) in [5.74, 6) is 1.17. The molecule has 18 heavy (non-hydrogen) atoms. The molecule has 0 atom stereocenters. The number of ether oxygens (including phenoxy) is 2. The zero-order chi connectivity index (χ0) is 13.6. The molecule has 0 aromatic heterocycles. The molecule has 0 aliphatic carbocycles. The van der Waals surface area contributed by atoms with Crippen molar-refractivity contribution in [3.63, 3.8) is 0 Å². The molecule has 1 N–H and O–H groups in total. The van der Waals surface area contributed by atoms with Crippen LogP contribution < -0.4 is 9.47 Å². The van der Waals surface area contributed by atoms with Gasteiger partial charge in [-0.1, -0.05) is 25.4 Å². The summed E-state index contributed by atoms with van der Waals surface area (Å²) in [5, 5.41) is 10.5. The molecule has 0 amide bonds. The quantitative estimate of drug-likeness (QED) is 0.850. The molecule has 0 fully saturated rings. The SMILES string of the molecule is CC1(C)COc2cc(C(C)(C)O)cc(Cl)c2OC1. The van der Waals surface area contributed by atoms with Gasteiger partial charge in [0.05, 0.1) is 23.8 Å². The van der Waals surface area contributed by atoms with Crippen LogP contribution in [0.4, 0.5) is 0 Å². The second kappa shape index (κ2) is 4.32. The minimum atomic E-state index is -0.955.